The average Bonchev–Trinajstić information content (AvgIpc) is 2.96. The highest BCUT2D eigenvalue weighted by Gasteiger charge is 2.34. The van der Waals surface area contributed by atoms with Crippen molar-refractivity contribution in [2.75, 3.05) is 11.9 Å². The van der Waals surface area contributed by atoms with Gasteiger partial charge in [0.2, 0.25) is 0 Å². The van der Waals surface area contributed by atoms with Crippen molar-refractivity contribution in [3.05, 3.63) is 53.9 Å². The molecule has 2 heterocycles. The molecule has 1 atom stereocenters. The molecule has 0 aliphatic carbocycles. The van der Waals surface area contributed by atoms with Crippen LogP contribution in [0.15, 0.2) is 42.6 Å². The first-order valence-electron chi connectivity index (χ1n) is 7.27. The van der Waals surface area contributed by atoms with Gasteiger partial charge >= 0.3 is 12.2 Å². The monoisotopic (exact) mass is 323 g/mol. The maximum Gasteiger partial charge on any atom is 0.418 e. The number of urea groups is 1. The summed E-state index contributed by atoms with van der Waals surface area (Å²) in [4.78, 5) is 14.0. The molecule has 1 aliphatic rings. The van der Waals surface area contributed by atoms with Crippen LogP contribution in [0.1, 0.15) is 24.2 Å². The second-order valence-electron chi connectivity index (χ2n) is 5.47. The van der Waals surface area contributed by atoms with Crippen LogP contribution >= 0.6 is 0 Å². The number of fused-ring (bicyclic) bond motifs is 1. The van der Waals surface area contributed by atoms with E-state index in [2.05, 4.69) is 5.32 Å². The molecule has 122 valence electrons. The highest BCUT2D eigenvalue weighted by Crippen LogP contribution is 2.35. The number of carbonyl (C=O) groups excluding carboxylic acids is 1. The predicted molar refractivity (Wildman–Crippen MR) is 80.0 cm³/mol. The van der Waals surface area contributed by atoms with Crippen molar-refractivity contribution in [1.29, 1.82) is 0 Å². The number of para-hydroxylation sites is 1. The molecule has 1 aromatic heterocycles. The first kappa shape index (κ1) is 15.5. The van der Waals surface area contributed by atoms with E-state index in [1.54, 1.807) is 4.90 Å². The molecule has 2 aromatic rings. The minimum Gasteiger partial charge on any atom is -0.348 e. The summed E-state index contributed by atoms with van der Waals surface area (Å²) in [5, 5.41) is 2.40. The average molecular weight is 323 g/mol. The molecule has 0 bridgehead atoms. The number of hydrogen-bond donors (Lipinski definition) is 1. The van der Waals surface area contributed by atoms with Gasteiger partial charge in [0.15, 0.2) is 0 Å². The molecule has 0 saturated heterocycles. The predicted octanol–water partition coefficient (Wildman–Crippen LogP) is 4.12. The number of aromatic nitrogens is 1. The fourth-order valence-electron chi connectivity index (χ4n) is 2.88. The molecule has 1 N–H and O–H groups in total. The van der Waals surface area contributed by atoms with Crippen molar-refractivity contribution in [1.82, 2.24) is 9.47 Å². The van der Waals surface area contributed by atoms with E-state index in [1.165, 1.54) is 18.2 Å². The van der Waals surface area contributed by atoms with E-state index in [-0.39, 0.29) is 11.7 Å². The first-order valence-corrected chi connectivity index (χ1v) is 7.27. The minimum absolute atomic E-state index is 0.197. The number of amides is 2. The van der Waals surface area contributed by atoms with Crippen molar-refractivity contribution < 1.29 is 18.0 Å². The fourth-order valence-corrected chi connectivity index (χ4v) is 2.88. The van der Waals surface area contributed by atoms with Gasteiger partial charge in [0.05, 0.1) is 17.3 Å². The van der Waals surface area contributed by atoms with Crippen molar-refractivity contribution in [3.63, 3.8) is 0 Å². The summed E-state index contributed by atoms with van der Waals surface area (Å²) in [7, 11) is 0. The molecule has 7 heteroatoms. The quantitative estimate of drug-likeness (QED) is 0.842. The Labute approximate surface area is 131 Å². The number of nitrogens with one attached hydrogen (secondary N) is 1. The molecule has 23 heavy (non-hydrogen) atoms. The van der Waals surface area contributed by atoms with E-state index in [0.29, 0.717) is 13.1 Å². The number of benzene rings is 1. The van der Waals surface area contributed by atoms with E-state index in [4.69, 9.17) is 0 Å². The normalized spacial score (nSPS) is 17.7. The zero-order chi connectivity index (χ0) is 16.6. The van der Waals surface area contributed by atoms with Crippen LogP contribution < -0.4 is 5.32 Å². The molecule has 0 unspecified atom stereocenters. The maximum atomic E-state index is 13.0. The van der Waals surface area contributed by atoms with Crippen LogP contribution in [0.4, 0.5) is 23.7 Å². The molecular weight excluding hydrogens is 307 g/mol. The molecule has 4 nitrogen and oxygen atoms in total. The molecule has 2 amide bonds. The Morgan fingerprint density at radius 1 is 1.17 bits per heavy atom. The second-order valence-corrected chi connectivity index (χ2v) is 5.47. The van der Waals surface area contributed by atoms with Gasteiger partial charge in [-0.3, -0.25) is 0 Å². The summed E-state index contributed by atoms with van der Waals surface area (Å²) in [5.74, 6) is 0. The Morgan fingerprint density at radius 3 is 2.65 bits per heavy atom. The zero-order valence-electron chi connectivity index (χ0n) is 12.5. The maximum absolute atomic E-state index is 13.0. The number of alkyl halides is 3. The van der Waals surface area contributed by atoms with E-state index in [1.807, 2.05) is 29.8 Å². The Kier molecular flexibility index (Phi) is 3.79. The zero-order valence-corrected chi connectivity index (χ0v) is 12.5. The highest BCUT2D eigenvalue weighted by atomic mass is 19.4. The fraction of sp³-hybridized carbons (Fsp3) is 0.312. The largest absolute Gasteiger partial charge is 0.418 e. The summed E-state index contributed by atoms with van der Waals surface area (Å²) in [6.07, 6.45) is -2.58. The van der Waals surface area contributed by atoms with Gasteiger partial charge in [-0.25, -0.2) is 4.79 Å². The van der Waals surface area contributed by atoms with Crippen molar-refractivity contribution >= 4 is 11.7 Å². The summed E-state index contributed by atoms with van der Waals surface area (Å²) < 4.78 is 41.1. The van der Waals surface area contributed by atoms with Gasteiger partial charge in [0.25, 0.3) is 0 Å². The molecule has 3 rings (SSSR count). The lowest BCUT2D eigenvalue weighted by Gasteiger charge is -2.35. The van der Waals surface area contributed by atoms with Gasteiger partial charge in [-0.05, 0) is 31.2 Å². The van der Waals surface area contributed by atoms with Gasteiger partial charge in [-0.1, -0.05) is 12.1 Å². The lowest BCUT2D eigenvalue weighted by molar-refractivity contribution is -0.136. The number of halogens is 3. The van der Waals surface area contributed by atoms with Gasteiger partial charge in [-0.2, -0.15) is 13.2 Å². The van der Waals surface area contributed by atoms with Gasteiger partial charge in [0.1, 0.15) is 0 Å². The van der Waals surface area contributed by atoms with Crippen molar-refractivity contribution in [3.8, 4) is 0 Å². The third kappa shape index (κ3) is 2.91. The lowest BCUT2D eigenvalue weighted by atomic mass is 10.1. The van der Waals surface area contributed by atoms with Crippen molar-refractivity contribution in [2.24, 2.45) is 0 Å². The van der Waals surface area contributed by atoms with Crippen LogP contribution in [0.3, 0.4) is 0 Å². The smallest absolute Gasteiger partial charge is 0.348 e. The van der Waals surface area contributed by atoms with Crippen LogP contribution in [0.2, 0.25) is 0 Å². The Morgan fingerprint density at radius 2 is 1.91 bits per heavy atom. The number of nitrogens with zero attached hydrogens (tertiary/aromatic N) is 2. The van der Waals surface area contributed by atoms with E-state index >= 15 is 0 Å². The van der Waals surface area contributed by atoms with Crippen LogP contribution in [0, 0.1) is 0 Å². The molecule has 0 fully saturated rings. The minimum atomic E-state index is -4.51. The van der Waals surface area contributed by atoms with E-state index < -0.39 is 17.8 Å². The lowest BCUT2D eigenvalue weighted by Crippen LogP contribution is -2.43. The number of anilines is 1. The van der Waals surface area contributed by atoms with Gasteiger partial charge < -0.3 is 14.8 Å². The number of rotatable bonds is 1. The van der Waals surface area contributed by atoms with Crippen LogP contribution in [0.25, 0.3) is 0 Å². The third-order valence-electron chi connectivity index (χ3n) is 4.08. The van der Waals surface area contributed by atoms with Gasteiger partial charge in [-0.15, -0.1) is 0 Å². The van der Waals surface area contributed by atoms with Crippen molar-refractivity contribution in [2.45, 2.75) is 25.7 Å². The summed E-state index contributed by atoms with van der Waals surface area (Å²) in [6, 6.07) is 8.07. The Bertz CT molecular complexity index is 723. The van der Waals surface area contributed by atoms with E-state index in [0.717, 1.165) is 11.8 Å². The summed E-state index contributed by atoms with van der Waals surface area (Å²) in [6.45, 7) is 2.93. The third-order valence-corrected chi connectivity index (χ3v) is 4.08. The molecule has 1 aromatic carbocycles. The molecule has 0 saturated carbocycles. The summed E-state index contributed by atoms with van der Waals surface area (Å²) >= 11 is 0. The Hall–Kier alpha value is -2.44. The number of hydrogen-bond acceptors (Lipinski definition) is 1. The van der Waals surface area contributed by atoms with E-state index in [9.17, 15) is 18.0 Å². The van der Waals surface area contributed by atoms with Crippen LogP contribution in [-0.4, -0.2) is 22.0 Å². The van der Waals surface area contributed by atoms with Crippen LogP contribution in [-0.2, 0) is 12.7 Å². The van der Waals surface area contributed by atoms with Crippen LogP contribution in [0.5, 0.6) is 0 Å². The Balaban J connectivity index is 1.81. The molecule has 0 radical (unpaired) electrons. The van der Waals surface area contributed by atoms with Gasteiger partial charge in [0, 0.05) is 25.0 Å². The topological polar surface area (TPSA) is 37.3 Å². The molecule has 0 spiro atoms. The molecule has 1 aliphatic heterocycles. The SMILES string of the molecule is C[C@H]1c2cccn2CCN1C(=O)Nc1ccccc1C(F)(F)F. The summed E-state index contributed by atoms with van der Waals surface area (Å²) in [5.41, 5.74) is -0.102. The number of carbonyl (C=O) groups is 1. The highest BCUT2D eigenvalue weighted by molar-refractivity contribution is 5.90. The standard InChI is InChI=1S/C16H16F3N3O/c1-11-14-7-4-8-21(14)9-10-22(11)15(23)20-13-6-3-2-5-12(13)16(17,18)19/h2-8,11H,9-10H2,1H3,(H,20,23)/t11-/m0/s1. The molecular formula is C16H16F3N3O. The second kappa shape index (κ2) is 5.64. The first-order chi connectivity index (χ1) is 10.9.